The molecule has 1 heterocycles. The molecule has 0 aliphatic carbocycles. The Balaban J connectivity index is 2.43. The number of urea groups is 1. The lowest BCUT2D eigenvalue weighted by molar-refractivity contribution is -0.130. The molecule has 4 amide bonds. The second-order valence-electron chi connectivity index (χ2n) is 5.52. The maximum absolute atomic E-state index is 11.9. The minimum Gasteiger partial charge on any atom is -0.354 e. The van der Waals surface area contributed by atoms with Gasteiger partial charge in [0.25, 0.3) is 5.91 Å². The summed E-state index contributed by atoms with van der Waals surface area (Å²) in [7, 11) is 0. The molecule has 1 aliphatic heterocycles. The Labute approximate surface area is 113 Å². The zero-order chi connectivity index (χ0) is 14.6. The summed E-state index contributed by atoms with van der Waals surface area (Å²) in [5.74, 6) is -0.418. The Morgan fingerprint density at radius 3 is 2.53 bits per heavy atom. The van der Waals surface area contributed by atoms with Gasteiger partial charge in [0, 0.05) is 19.0 Å². The predicted molar refractivity (Wildman–Crippen MR) is 71.5 cm³/mol. The van der Waals surface area contributed by atoms with Gasteiger partial charge in [-0.25, -0.2) is 4.79 Å². The molecule has 0 unspecified atom stereocenters. The zero-order valence-electron chi connectivity index (χ0n) is 12.1. The van der Waals surface area contributed by atoms with Crippen LogP contribution in [0.3, 0.4) is 0 Å². The summed E-state index contributed by atoms with van der Waals surface area (Å²) in [4.78, 5) is 36.3. The first-order valence-electron chi connectivity index (χ1n) is 6.71. The Kier molecular flexibility index (Phi) is 4.91. The van der Waals surface area contributed by atoms with E-state index in [1.165, 1.54) is 0 Å². The second-order valence-corrected chi connectivity index (χ2v) is 5.52. The van der Waals surface area contributed by atoms with E-state index in [1.807, 2.05) is 6.92 Å². The Hall–Kier alpha value is -1.59. The summed E-state index contributed by atoms with van der Waals surface area (Å²) < 4.78 is 0. The summed E-state index contributed by atoms with van der Waals surface area (Å²) in [6.07, 6.45) is 2.06. The molecule has 1 rings (SSSR count). The van der Waals surface area contributed by atoms with E-state index in [1.54, 1.807) is 13.8 Å². The van der Waals surface area contributed by atoms with Crippen LogP contribution in [0.4, 0.5) is 4.79 Å². The first-order valence-corrected chi connectivity index (χ1v) is 6.71. The lowest BCUT2D eigenvalue weighted by Crippen LogP contribution is -2.41. The summed E-state index contributed by atoms with van der Waals surface area (Å²) in [6.45, 7) is 7.42. The summed E-state index contributed by atoms with van der Waals surface area (Å²) in [5, 5.41) is 5.43. The summed E-state index contributed by atoms with van der Waals surface area (Å²) in [5.41, 5.74) is -0.872. The summed E-state index contributed by atoms with van der Waals surface area (Å²) in [6, 6.07) is -0.304. The molecular weight excluding hydrogens is 246 g/mol. The predicted octanol–water partition coefficient (Wildman–Crippen LogP) is 1.01. The molecule has 1 atom stereocenters. The minimum absolute atomic E-state index is 0.122. The van der Waals surface area contributed by atoms with Crippen LogP contribution >= 0.6 is 0 Å². The highest BCUT2D eigenvalue weighted by molar-refractivity contribution is 6.06. The van der Waals surface area contributed by atoms with Gasteiger partial charge in [0.2, 0.25) is 5.91 Å². The van der Waals surface area contributed by atoms with E-state index in [2.05, 4.69) is 17.6 Å². The lowest BCUT2D eigenvalue weighted by Gasteiger charge is -2.17. The number of nitrogens with zero attached hydrogens (tertiary/aromatic N) is 1. The molecule has 0 saturated carbocycles. The number of carbonyl (C=O) groups is 3. The molecule has 1 saturated heterocycles. The van der Waals surface area contributed by atoms with Gasteiger partial charge in [0.15, 0.2) is 0 Å². The van der Waals surface area contributed by atoms with Gasteiger partial charge in [-0.1, -0.05) is 13.3 Å². The highest BCUT2D eigenvalue weighted by Gasteiger charge is 2.43. The highest BCUT2D eigenvalue weighted by Crippen LogP contribution is 2.16. The third-order valence-electron chi connectivity index (χ3n) is 3.14. The molecule has 1 fully saturated rings. The van der Waals surface area contributed by atoms with Crippen LogP contribution in [0.1, 0.15) is 47.0 Å². The van der Waals surface area contributed by atoms with Crippen LogP contribution in [0.15, 0.2) is 0 Å². The van der Waals surface area contributed by atoms with Gasteiger partial charge in [-0.05, 0) is 27.2 Å². The average molecular weight is 269 g/mol. The molecule has 108 valence electrons. The van der Waals surface area contributed by atoms with E-state index >= 15 is 0 Å². The molecule has 0 radical (unpaired) electrons. The summed E-state index contributed by atoms with van der Waals surface area (Å²) >= 11 is 0. The van der Waals surface area contributed by atoms with E-state index in [0.29, 0.717) is 0 Å². The third-order valence-corrected chi connectivity index (χ3v) is 3.14. The number of carbonyl (C=O) groups excluding carboxylic acids is 3. The van der Waals surface area contributed by atoms with E-state index < -0.39 is 11.6 Å². The molecule has 2 N–H and O–H groups in total. The second kappa shape index (κ2) is 6.04. The Bertz CT molecular complexity index is 379. The molecule has 0 aromatic carbocycles. The van der Waals surface area contributed by atoms with Crippen LogP contribution in [0, 0.1) is 0 Å². The normalized spacial score (nSPS) is 19.3. The lowest BCUT2D eigenvalue weighted by atomic mass is 10.1. The molecule has 6 nitrogen and oxygen atoms in total. The number of imide groups is 1. The topological polar surface area (TPSA) is 78.5 Å². The first kappa shape index (κ1) is 15.5. The van der Waals surface area contributed by atoms with Crippen molar-refractivity contribution in [2.75, 3.05) is 6.54 Å². The van der Waals surface area contributed by atoms with E-state index in [-0.39, 0.29) is 30.8 Å². The monoisotopic (exact) mass is 269 g/mol. The van der Waals surface area contributed by atoms with Crippen molar-refractivity contribution in [2.45, 2.75) is 58.5 Å². The van der Waals surface area contributed by atoms with Gasteiger partial charge in [0.1, 0.15) is 5.54 Å². The van der Waals surface area contributed by atoms with E-state index in [9.17, 15) is 14.4 Å². The smallest absolute Gasteiger partial charge is 0.325 e. The molecule has 0 aromatic rings. The highest BCUT2D eigenvalue weighted by atomic mass is 16.2. The van der Waals surface area contributed by atoms with Crippen LogP contribution < -0.4 is 10.6 Å². The van der Waals surface area contributed by atoms with Crippen molar-refractivity contribution in [3.05, 3.63) is 0 Å². The largest absolute Gasteiger partial charge is 0.354 e. The van der Waals surface area contributed by atoms with Crippen molar-refractivity contribution >= 4 is 17.8 Å². The quantitative estimate of drug-likeness (QED) is 0.706. The van der Waals surface area contributed by atoms with Crippen molar-refractivity contribution in [2.24, 2.45) is 0 Å². The van der Waals surface area contributed by atoms with Crippen LogP contribution in [-0.4, -0.2) is 40.9 Å². The molecule has 0 aromatic heterocycles. The molecule has 0 spiro atoms. The standard InChI is InChI=1S/C13H23N3O3/c1-5-6-9(2)14-10(17)7-8-16-11(18)13(3,4)15-12(16)19/h9H,5-8H2,1-4H3,(H,14,17)(H,15,19)/t9-/m1/s1. The first-order chi connectivity index (χ1) is 8.77. The number of amides is 4. The SMILES string of the molecule is CCC[C@@H](C)NC(=O)CCN1C(=O)NC(C)(C)C1=O. The molecular formula is C13H23N3O3. The van der Waals surface area contributed by atoms with E-state index in [4.69, 9.17) is 0 Å². The van der Waals surface area contributed by atoms with Crippen LogP contribution in [0.2, 0.25) is 0 Å². The fourth-order valence-electron chi connectivity index (χ4n) is 2.09. The van der Waals surface area contributed by atoms with Gasteiger partial charge in [-0.3, -0.25) is 14.5 Å². The maximum Gasteiger partial charge on any atom is 0.325 e. The van der Waals surface area contributed by atoms with Crippen LogP contribution in [0.25, 0.3) is 0 Å². The Morgan fingerprint density at radius 1 is 1.42 bits per heavy atom. The minimum atomic E-state index is -0.872. The molecule has 1 aliphatic rings. The van der Waals surface area contributed by atoms with Crippen LogP contribution in [-0.2, 0) is 9.59 Å². The van der Waals surface area contributed by atoms with Crippen molar-refractivity contribution in [1.82, 2.24) is 15.5 Å². The van der Waals surface area contributed by atoms with E-state index in [0.717, 1.165) is 17.7 Å². The van der Waals surface area contributed by atoms with Crippen molar-refractivity contribution in [1.29, 1.82) is 0 Å². The van der Waals surface area contributed by atoms with Crippen molar-refractivity contribution in [3.8, 4) is 0 Å². The van der Waals surface area contributed by atoms with Crippen LogP contribution in [0.5, 0.6) is 0 Å². The van der Waals surface area contributed by atoms with Gasteiger partial charge < -0.3 is 10.6 Å². The van der Waals surface area contributed by atoms with Crippen molar-refractivity contribution < 1.29 is 14.4 Å². The fraction of sp³-hybridized carbons (Fsp3) is 0.769. The molecule has 6 heteroatoms. The van der Waals surface area contributed by atoms with Gasteiger partial charge in [-0.15, -0.1) is 0 Å². The number of hydrogen-bond acceptors (Lipinski definition) is 3. The molecule has 19 heavy (non-hydrogen) atoms. The third kappa shape index (κ3) is 3.94. The Morgan fingerprint density at radius 2 is 2.05 bits per heavy atom. The number of hydrogen-bond donors (Lipinski definition) is 2. The van der Waals surface area contributed by atoms with Gasteiger partial charge in [0.05, 0.1) is 0 Å². The zero-order valence-corrected chi connectivity index (χ0v) is 12.1. The maximum atomic E-state index is 11.9. The molecule has 0 bridgehead atoms. The fourth-order valence-corrected chi connectivity index (χ4v) is 2.09. The van der Waals surface area contributed by atoms with Gasteiger partial charge >= 0.3 is 6.03 Å². The number of nitrogens with one attached hydrogen (secondary N) is 2. The van der Waals surface area contributed by atoms with Gasteiger partial charge in [-0.2, -0.15) is 0 Å². The average Bonchev–Trinajstić information content (AvgIpc) is 2.46. The van der Waals surface area contributed by atoms with Crippen molar-refractivity contribution in [3.63, 3.8) is 0 Å². The number of rotatable bonds is 6.